The molecule has 3 rings (SSSR count). The first kappa shape index (κ1) is 12.8. The minimum absolute atomic E-state index is 0.240. The van der Waals surface area contributed by atoms with Gasteiger partial charge in [-0.3, -0.25) is 9.48 Å². The molecule has 1 fully saturated rings. The number of aromatic nitrogens is 2. The Kier molecular flexibility index (Phi) is 3.49. The molecule has 1 aromatic heterocycles. The first-order chi connectivity index (χ1) is 9.72. The Morgan fingerprint density at radius 1 is 1.35 bits per heavy atom. The zero-order valence-electron chi connectivity index (χ0n) is 11.1. The smallest absolute Gasteiger partial charge is 0.276 e. The van der Waals surface area contributed by atoms with Gasteiger partial charge in [-0.15, -0.1) is 0 Å². The summed E-state index contributed by atoms with van der Waals surface area (Å²) in [6.07, 6.45) is 1.38. The van der Waals surface area contributed by atoms with Gasteiger partial charge in [-0.1, -0.05) is 12.1 Å². The van der Waals surface area contributed by atoms with Crippen molar-refractivity contribution in [3.8, 4) is 0 Å². The average molecular weight is 273 g/mol. The maximum atomic E-state index is 12.0. The molecule has 2 heterocycles. The molecule has 0 aliphatic carbocycles. The van der Waals surface area contributed by atoms with Crippen LogP contribution >= 0.6 is 0 Å². The van der Waals surface area contributed by atoms with E-state index in [1.165, 1.54) is 0 Å². The van der Waals surface area contributed by atoms with Crippen molar-refractivity contribution in [2.24, 2.45) is 7.05 Å². The summed E-state index contributed by atoms with van der Waals surface area (Å²) >= 11 is 0. The van der Waals surface area contributed by atoms with E-state index in [1.54, 1.807) is 24.0 Å². The number of carbonyl (C=O) groups excluding carboxylic acids is 1. The van der Waals surface area contributed by atoms with Crippen LogP contribution in [0.15, 0.2) is 36.5 Å². The largest absolute Gasteiger partial charge is 0.346 e. The Bertz CT molecular complexity index is 618. The molecule has 20 heavy (non-hydrogen) atoms. The predicted octanol–water partition coefficient (Wildman–Crippen LogP) is 1.72. The minimum atomic E-state index is -0.346. The van der Waals surface area contributed by atoms with Crippen LogP contribution in [0.25, 0.3) is 0 Å². The Hall–Kier alpha value is -2.18. The summed E-state index contributed by atoms with van der Waals surface area (Å²) in [6.45, 7) is 1.18. The van der Waals surface area contributed by atoms with E-state index in [1.807, 2.05) is 24.3 Å². The molecule has 0 radical (unpaired) electrons. The van der Waals surface area contributed by atoms with Gasteiger partial charge in [-0.2, -0.15) is 5.10 Å². The molecule has 1 saturated heterocycles. The molecule has 1 aliphatic rings. The highest BCUT2D eigenvalue weighted by Crippen LogP contribution is 2.25. The van der Waals surface area contributed by atoms with Gasteiger partial charge < -0.3 is 14.8 Å². The molecule has 0 bridgehead atoms. The van der Waals surface area contributed by atoms with E-state index < -0.39 is 0 Å². The van der Waals surface area contributed by atoms with Gasteiger partial charge in [-0.25, -0.2) is 0 Å². The number of aryl methyl sites for hydroxylation is 1. The maximum absolute atomic E-state index is 12.0. The third kappa shape index (κ3) is 2.71. The fourth-order valence-corrected chi connectivity index (χ4v) is 2.05. The molecule has 104 valence electrons. The lowest BCUT2D eigenvalue weighted by molar-refractivity contribution is -0.0440. The lowest BCUT2D eigenvalue weighted by Gasteiger charge is -2.11. The minimum Gasteiger partial charge on any atom is -0.346 e. The highest BCUT2D eigenvalue weighted by molar-refractivity contribution is 6.02. The molecular formula is C14H15N3O3. The molecule has 1 N–H and O–H groups in total. The van der Waals surface area contributed by atoms with Gasteiger partial charge in [0.05, 0.1) is 13.2 Å². The van der Waals surface area contributed by atoms with E-state index >= 15 is 0 Å². The van der Waals surface area contributed by atoms with Gasteiger partial charge in [0.25, 0.3) is 5.91 Å². The summed E-state index contributed by atoms with van der Waals surface area (Å²) in [5, 5.41) is 6.87. The Balaban J connectivity index is 1.74. The van der Waals surface area contributed by atoms with Crippen molar-refractivity contribution >= 4 is 11.6 Å². The maximum Gasteiger partial charge on any atom is 0.276 e. The summed E-state index contributed by atoms with van der Waals surface area (Å²) in [4.78, 5) is 12.0. The van der Waals surface area contributed by atoms with Crippen LogP contribution in [0.3, 0.4) is 0 Å². The number of carbonyl (C=O) groups is 1. The van der Waals surface area contributed by atoms with Gasteiger partial charge in [0.1, 0.15) is 0 Å². The molecule has 1 aromatic carbocycles. The number of nitrogens with one attached hydrogen (secondary N) is 1. The summed E-state index contributed by atoms with van der Waals surface area (Å²) in [5.74, 6) is -0.240. The molecule has 1 amide bonds. The number of ether oxygens (including phenoxy) is 2. The zero-order chi connectivity index (χ0) is 13.9. The predicted molar refractivity (Wildman–Crippen MR) is 72.2 cm³/mol. The van der Waals surface area contributed by atoms with Crippen LogP contribution in [-0.2, 0) is 16.5 Å². The van der Waals surface area contributed by atoms with Gasteiger partial charge in [0.2, 0.25) is 0 Å². The van der Waals surface area contributed by atoms with Crippen LogP contribution in [0.1, 0.15) is 22.3 Å². The fourth-order valence-electron chi connectivity index (χ4n) is 2.05. The number of benzene rings is 1. The Morgan fingerprint density at radius 2 is 2.15 bits per heavy atom. The SMILES string of the molecule is Cn1ccc(C(=O)Nc2cccc(C3OCCO3)c2)n1. The van der Waals surface area contributed by atoms with E-state index in [2.05, 4.69) is 10.4 Å². The monoisotopic (exact) mass is 273 g/mol. The fraction of sp³-hybridized carbons (Fsp3) is 0.286. The normalized spacial score (nSPS) is 15.4. The second-order valence-corrected chi connectivity index (χ2v) is 4.53. The van der Waals surface area contributed by atoms with Crippen molar-refractivity contribution in [3.63, 3.8) is 0 Å². The van der Waals surface area contributed by atoms with Crippen molar-refractivity contribution in [1.29, 1.82) is 0 Å². The second kappa shape index (κ2) is 5.44. The molecule has 0 unspecified atom stereocenters. The third-order valence-electron chi connectivity index (χ3n) is 2.98. The second-order valence-electron chi connectivity index (χ2n) is 4.53. The molecule has 6 nitrogen and oxygen atoms in total. The Labute approximate surface area is 116 Å². The quantitative estimate of drug-likeness (QED) is 0.924. The topological polar surface area (TPSA) is 65.4 Å². The van der Waals surface area contributed by atoms with Crippen LogP contribution < -0.4 is 5.32 Å². The van der Waals surface area contributed by atoms with Crippen LogP contribution in [0.2, 0.25) is 0 Å². The van der Waals surface area contributed by atoms with Gasteiger partial charge >= 0.3 is 0 Å². The average Bonchev–Trinajstić information content (AvgIpc) is 3.10. The van der Waals surface area contributed by atoms with Crippen molar-refractivity contribution in [1.82, 2.24) is 9.78 Å². The van der Waals surface area contributed by atoms with Gasteiger partial charge in [0, 0.05) is 24.5 Å². The number of hydrogen-bond acceptors (Lipinski definition) is 4. The zero-order valence-corrected chi connectivity index (χ0v) is 11.1. The first-order valence-corrected chi connectivity index (χ1v) is 6.36. The molecule has 6 heteroatoms. The Morgan fingerprint density at radius 3 is 2.85 bits per heavy atom. The molecule has 0 spiro atoms. The lowest BCUT2D eigenvalue weighted by atomic mass is 10.2. The van der Waals surface area contributed by atoms with E-state index in [9.17, 15) is 4.79 Å². The molecule has 2 aromatic rings. The van der Waals surface area contributed by atoms with Gasteiger partial charge in [0.15, 0.2) is 12.0 Å². The molecule has 0 saturated carbocycles. The van der Waals surface area contributed by atoms with E-state index in [0.717, 1.165) is 5.56 Å². The van der Waals surface area contributed by atoms with E-state index in [-0.39, 0.29) is 12.2 Å². The van der Waals surface area contributed by atoms with Crippen LogP contribution in [0.4, 0.5) is 5.69 Å². The van der Waals surface area contributed by atoms with Crippen molar-refractivity contribution in [2.45, 2.75) is 6.29 Å². The summed E-state index contributed by atoms with van der Waals surface area (Å²) in [5.41, 5.74) is 1.96. The van der Waals surface area contributed by atoms with E-state index in [4.69, 9.17) is 9.47 Å². The molecule has 1 aliphatic heterocycles. The third-order valence-corrected chi connectivity index (χ3v) is 2.98. The lowest BCUT2D eigenvalue weighted by Crippen LogP contribution is -2.13. The molecule has 0 atom stereocenters. The van der Waals surface area contributed by atoms with Crippen LogP contribution in [0.5, 0.6) is 0 Å². The number of amides is 1. The number of nitrogens with zero attached hydrogens (tertiary/aromatic N) is 2. The highest BCUT2D eigenvalue weighted by Gasteiger charge is 2.18. The summed E-state index contributed by atoms with van der Waals surface area (Å²) < 4.78 is 12.5. The first-order valence-electron chi connectivity index (χ1n) is 6.36. The highest BCUT2D eigenvalue weighted by atomic mass is 16.7. The standard InChI is InChI=1S/C14H15N3O3/c1-17-6-5-12(16-17)13(18)15-11-4-2-3-10(9-11)14-19-7-8-20-14/h2-6,9,14H,7-8H2,1H3,(H,15,18). The van der Waals surface area contributed by atoms with Gasteiger partial charge in [-0.05, 0) is 18.2 Å². The van der Waals surface area contributed by atoms with Crippen LogP contribution in [-0.4, -0.2) is 28.9 Å². The van der Waals surface area contributed by atoms with E-state index in [0.29, 0.717) is 24.6 Å². The number of rotatable bonds is 3. The summed E-state index contributed by atoms with van der Waals surface area (Å²) in [6, 6.07) is 9.10. The number of anilines is 1. The summed E-state index contributed by atoms with van der Waals surface area (Å²) in [7, 11) is 1.77. The van der Waals surface area contributed by atoms with Crippen molar-refractivity contribution in [3.05, 3.63) is 47.8 Å². The van der Waals surface area contributed by atoms with Crippen molar-refractivity contribution < 1.29 is 14.3 Å². The number of hydrogen-bond donors (Lipinski definition) is 1. The van der Waals surface area contributed by atoms with Crippen LogP contribution in [0, 0.1) is 0 Å². The molecular weight excluding hydrogens is 258 g/mol. The van der Waals surface area contributed by atoms with Crippen molar-refractivity contribution in [2.75, 3.05) is 18.5 Å².